The van der Waals surface area contributed by atoms with Crippen LogP contribution in [0.25, 0.3) is 0 Å². The standard InChI is InChI=1S/C9H8Cl2O2/c1-5(9(12)13)7-3-2-6(10)4-8(7)11/h2-5H,1H3,(H,12,13). The topological polar surface area (TPSA) is 37.3 Å². The van der Waals surface area contributed by atoms with Gasteiger partial charge in [-0.05, 0) is 24.6 Å². The third kappa shape index (κ3) is 2.36. The average Bonchev–Trinajstić information content (AvgIpc) is 2.03. The number of carbonyl (C=O) groups is 1. The van der Waals surface area contributed by atoms with E-state index in [2.05, 4.69) is 0 Å². The Balaban J connectivity index is 3.08. The Labute approximate surface area is 86.1 Å². The largest absolute Gasteiger partial charge is 0.481 e. The summed E-state index contributed by atoms with van der Waals surface area (Å²) in [6.07, 6.45) is 0. The average molecular weight is 219 g/mol. The van der Waals surface area contributed by atoms with Crippen LogP contribution < -0.4 is 0 Å². The minimum Gasteiger partial charge on any atom is -0.481 e. The van der Waals surface area contributed by atoms with Crippen LogP contribution in [0.5, 0.6) is 0 Å². The van der Waals surface area contributed by atoms with Gasteiger partial charge in [0.25, 0.3) is 0 Å². The van der Waals surface area contributed by atoms with Crippen LogP contribution in [-0.4, -0.2) is 11.1 Å². The van der Waals surface area contributed by atoms with Crippen molar-refractivity contribution in [3.63, 3.8) is 0 Å². The number of carboxylic acids is 1. The summed E-state index contributed by atoms with van der Waals surface area (Å²) >= 11 is 11.5. The molecule has 0 aliphatic carbocycles. The predicted octanol–water partition coefficient (Wildman–Crippen LogP) is 3.18. The lowest BCUT2D eigenvalue weighted by Crippen LogP contribution is -2.07. The maximum absolute atomic E-state index is 10.6. The van der Waals surface area contributed by atoms with E-state index < -0.39 is 11.9 Å². The van der Waals surface area contributed by atoms with Gasteiger partial charge in [0.1, 0.15) is 0 Å². The SMILES string of the molecule is CC(C(=O)O)c1ccc(Cl)cc1Cl. The van der Waals surface area contributed by atoms with Crippen molar-refractivity contribution in [3.8, 4) is 0 Å². The summed E-state index contributed by atoms with van der Waals surface area (Å²) in [5.74, 6) is -1.51. The van der Waals surface area contributed by atoms with Gasteiger partial charge in [-0.1, -0.05) is 29.3 Å². The molecule has 0 saturated heterocycles. The first-order chi connectivity index (χ1) is 6.02. The van der Waals surface area contributed by atoms with Crippen molar-refractivity contribution in [1.82, 2.24) is 0 Å². The highest BCUT2D eigenvalue weighted by Gasteiger charge is 2.16. The molecule has 0 heterocycles. The van der Waals surface area contributed by atoms with Gasteiger partial charge in [-0.2, -0.15) is 0 Å². The summed E-state index contributed by atoms with van der Waals surface area (Å²) in [5, 5.41) is 9.63. The van der Waals surface area contributed by atoms with E-state index >= 15 is 0 Å². The van der Waals surface area contributed by atoms with Gasteiger partial charge >= 0.3 is 5.97 Å². The third-order valence-corrected chi connectivity index (χ3v) is 2.36. The van der Waals surface area contributed by atoms with Gasteiger partial charge in [0, 0.05) is 10.0 Å². The van der Waals surface area contributed by atoms with E-state index in [9.17, 15) is 4.79 Å². The minimum absolute atomic E-state index is 0.391. The lowest BCUT2D eigenvalue weighted by molar-refractivity contribution is -0.138. The highest BCUT2D eigenvalue weighted by Crippen LogP contribution is 2.27. The first kappa shape index (κ1) is 10.4. The van der Waals surface area contributed by atoms with Gasteiger partial charge in [-0.3, -0.25) is 4.79 Å². The van der Waals surface area contributed by atoms with Crippen LogP contribution in [0.1, 0.15) is 18.4 Å². The number of benzene rings is 1. The van der Waals surface area contributed by atoms with Crippen molar-refractivity contribution in [2.75, 3.05) is 0 Å². The number of hydrogen-bond acceptors (Lipinski definition) is 1. The van der Waals surface area contributed by atoms with E-state index in [1.807, 2.05) is 0 Å². The molecule has 0 aliphatic heterocycles. The van der Waals surface area contributed by atoms with E-state index in [-0.39, 0.29) is 0 Å². The number of halogens is 2. The van der Waals surface area contributed by atoms with E-state index in [0.717, 1.165) is 0 Å². The zero-order valence-electron chi connectivity index (χ0n) is 6.92. The maximum atomic E-state index is 10.6. The Bertz CT molecular complexity index is 336. The van der Waals surface area contributed by atoms with Gasteiger partial charge in [-0.25, -0.2) is 0 Å². The zero-order valence-corrected chi connectivity index (χ0v) is 8.43. The number of aliphatic carboxylic acids is 1. The van der Waals surface area contributed by atoms with Gasteiger partial charge in [0.15, 0.2) is 0 Å². The fourth-order valence-corrected chi connectivity index (χ4v) is 1.56. The molecule has 0 amide bonds. The summed E-state index contributed by atoms with van der Waals surface area (Å²) in [7, 11) is 0. The van der Waals surface area contributed by atoms with Crippen molar-refractivity contribution in [2.45, 2.75) is 12.8 Å². The number of hydrogen-bond donors (Lipinski definition) is 1. The lowest BCUT2D eigenvalue weighted by atomic mass is 10.0. The van der Waals surface area contributed by atoms with Gasteiger partial charge in [0.05, 0.1) is 5.92 Å². The molecule has 1 rings (SSSR count). The van der Waals surface area contributed by atoms with Crippen molar-refractivity contribution < 1.29 is 9.90 Å². The molecule has 1 aromatic rings. The van der Waals surface area contributed by atoms with Crippen LogP contribution in [-0.2, 0) is 4.79 Å². The Kier molecular flexibility index (Phi) is 3.17. The molecule has 0 spiro atoms. The molecule has 0 aromatic heterocycles. The van der Waals surface area contributed by atoms with Crippen LogP contribution in [0.4, 0.5) is 0 Å². The van der Waals surface area contributed by atoms with Crippen LogP contribution >= 0.6 is 23.2 Å². The normalized spacial score (nSPS) is 12.5. The smallest absolute Gasteiger partial charge is 0.310 e. The summed E-state index contributed by atoms with van der Waals surface area (Å²) in [6, 6.07) is 4.80. The van der Waals surface area contributed by atoms with Crippen molar-refractivity contribution in [3.05, 3.63) is 33.8 Å². The van der Waals surface area contributed by atoms with Crippen LogP contribution in [0.3, 0.4) is 0 Å². The fraction of sp³-hybridized carbons (Fsp3) is 0.222. The Morgan fingerprint density at radius 2 is 2.08 bits per heavy atom. The molecular weight excluding hydrogens is 211 g/mol. The number of rotatable bonds is 2. The summed E-state index contributed by atoms with van der Waals surface area (Å²) < 4.78 is 0. The molecule has 1 N–H and O–H groups in total. The minimum atomic E-state index is -0.899. The maximum Gasteiger partial charge on any atom is 0.310 e. The van der Waals surface area contributed by atoms with E-state index in [1.165, 1.54) is 6.07 Å². The Morgan fingerprint density at radius 3 is 2.54 bits per heavy atom. The lowest BCUT2D eigenvalue weighted by Gasteiger charge is -2.08. The second-order valence-corrected chi connectivity index (χ2v) is 3.57. The molecule has 70 valence electrons. The molecule has 1 atom stereocenters. The van der Waals surface area contributed by atoms with Crippen molar-refractivity contribution >= 4 is 29.2 Å². The molecule has 0 saturated carbocycles. The highest BCUT2D eigenvalue weighted by molar-refractivity contribution is 6.35. The molecule has 4 heteroatoms. The Hall–Kier alpha value is -0.730. The van der Waals surface area contributed by atoms with Gasteiger partial charge in [0.2, 0.25) is 0 Å². The van der Waals surface area contributed by atoms with E-state index in [1.54, 1.807) is 19.1 Å². The second kappa shape index (κ2) is 3.99. The second-order valence-electron chi connectivity index (χ2n) is 2.73. The zero-order chi connectivity index (χ0) is 10.0. The Morgan fingerprint density at radius 1 is 1.46 bits per heavy atom. The third-order valence-electron chi connectivity index (χ3n) is 1.80. The number of carboxylic acid groups (broad SMARTS) is 1. The molecule has 13 heavy (non-hydrogen) atoms. The molecule has 1 unspecified atom stereocenters. The first-order valence-corrected chi connectivity index (χ1v) is 4.45. The quantitative estimate of drug-likeness (QED) is 0.829. The molecule has 2 nitrogen and oxygen atoms in total. The molecule has 1 aromatic carbocycles. The highest BCUT2D eigenvalue weighted by atomic mass is 35.5. The van der Waals surface area contributed by atoms with Gasteiger partial charge < -0.3 is 5.11 Å². The van der Waals surface area contributed by atoms with Crippen LogP contribution in [0.2, 0.25) is 10.0 Å². The molecular formula is C9H8Cl2O2. The van der Waals surface area contributed by atoms with Crippen molar-refractivity contribution in [2.24, 2.45) is 0 Å². The van der Waals surface area contributed by atoms with E-state index in [4.69, 9.17) is 28.3 Å². The van der Waals surface area contributed by atoms with Crippen molar-refractivity contribution in [1.29, 1.82) is 0 Å². The van der Waals surface area contributed by atoms with E-state index in [0.29, 0.717) is 15.6 Å². The van der Waals surface area contributed by atoms with Crippen LogP contribution in [0.15, 0.2) is 18.2 Å². The predicted molar refractivity (Wildman–Crippen MR) is 52.5 cm³/mol. The molecule has 0 fully saturated rings. The summed E-state index contributed by atoms with van der Waals surface area (Å²) in [4.78, 5) is 10.6. The molecule has 0 aliphatic rings. The summed E-state index contributed by atoms with van der Waals surface area (Å²) in [5.41, 5.74) is 0.582. The first-order valence-electron chi connectivity index (χ1n) is 3.70. The molecule has 0 radical (unpaired) electrons. The van der Waals surface area contributed by atoms with Gasteiger partial charge in [-0.15, -0.1) is 0 Å². The summed E-state index contributed by atoms with van der Waals surface area (Å²) in [6.45, 7) is 1.58. The fourth-order valence-electron chi connectivity index (χ4n) is 0.986. The van der Waals surface area contributed by atoms with Crippen LogP contribution in [0, 0.1) is 0 Å². The monoisotopic (exact) mass is 218 g/mol. The molecule has 0 bridgehead atoms.